The van der Waals surface area contributed by atoms with Gasteiger partial charge in [-0.1, -0.05) is 0 Å². The predicted molar refractivity (Wildman–Crippen MR) is 35.9 cm³/mol. The van der Waals surface area contributed by atoms with E-state index in [1.165, 1.54) is 0 Å². The molecule has 0 radical (unpaired) electrons. The predicted octanol–water partition coefficient (Wildman–Crippen LogP) is -0.478. The first-order valence-corrected chi connectivity index (χ1v) is 4.73. The number of sulfone groups is 1. The molecule has 0 unspecified atom stereocenters. The van der Waals surface area contributed by atoms with Crippen LogP contribution in [0.5, 0.6) is 0 Å². The lowest BCUT2D eigenvalue weighted by Gasteiger charge is -2.12. The average molecular weight is 149 g/mol. The van der Waals surface area contributed by atoms with E-state index in [-0.39, 0.29) is 11.5 Å². The van der Waals surface area contributed by atoms with Crippen molar-refractivity contribution in [2.24, 2.45) is 5.73 Å². The van der Waals surface area contributed by atoms with Gasteiger partial charge in [-0.3, -0.25) is 0 Å². The third kappa shape index (κ3) is 1.66. The fourth-order valence-electron chi connectivity index (χ4n) is 1.04. The van der Waals surface area contributed by atoms with Gasteiger partial charge in [-0.2, -0.15) is 0 Å². The molecule has 3 nitrogen and oxygen atoms in total. The first-order valence-electron chi connectivity index (χ1n) is 2.91. The zero-order chi connectivity index (χ0) is 7.12. The minimum Gasteiger partial charge on any atom is -0.324 e. The highest BCUT2D eigenvalue weighted by Gasteiger charge is 2.34. The van der Waals surface area contributed by atoms with Crippen molar-refractivity contribution < 1.29 is 8.42 Å². The van der Waals surface area contributed by atoms with Crippen molar-refractivity contribution in [2.45, 2.75) is 18.9 Å². The van der Waals surface area contributed by atoms with E-state index in [2.05, 4.69) is 0 Å². The Labute approximate surface area is 55.2 Å². The fraction of sp³-hybridized carbons (Fsp3) is 1.00. The Kier molecular flexibility index (Phi) is 1.33. The molecular weight excluding hydrogens is 138 g/mol. The van der Waals surface area contributed by atoms with E-state index in [1.54, 1.807) is 6.92 Å². The second kappa shape index (κ2) is 1.70. The minimum atomic E-state index is -2.78. The van der Waals surface area contributed by atoms with Crippen molar-refractivity contribution in [2.75, 3.05) is 11.5 Å². The van der Waals surface area contributed by atoms with Crippen molar-refractivity contribution in [1.82, 2.24) is 0 Å². The zero-order valence-corrected chi connectivity index (χ0v) is 6.24. The summed E-state index contributed by atoms with van der Waals surface area (Å²) < 4.78 is 21.5. The Bertz CT molecular complexity index is 205. The van der Waals surface area contributed by atoms with Gasteiger partial charge in [0.15, 0.2) is 9.84 Å². The van der Waals surface area contributed by atoms with E-state index in [1.807, 2.05) is 0 Å². The smallest absolute Gasteiger partial charge is 0.152 e. The van der Waals surface area contributed by atoms with Gasteiger partial charge in [0.25, 0.3) is 0 Å². The van der Waals surface area contributed by atoms with E-state index in [0.717, 1.165) is 0 Å². The van der Waals surface area contributed by atoms with Crippen LogP contribution in [0.2, 0.25) is 0 Å². The molecule has 0 aliphatic carbocycles. The summed E-state index contributed by atoms with van der Waals surface area (Å²) in [6.07, 6.45) is 0.606. The zero-order valence-electron chi connectivity index (χ0n) is 5.42. The highest BCUT2D eigenvalue weighted by molar-refractivity contribution is 7.91. The highest BCUT2D eigenvalue weighted by atomic mass is 32.2. The maximum Gasteiger partial charge on any atom is 0.152 e. The number of hydrogen-bond donors (Lipinski definition) is 1. The van der Waals surface area contributed by atoms with Gasteiger partial charge in [0.1, 0.15) is 0 Å². The molecule has 0 aromatic carbocycles. The average Bonchev–Trinajstić information content (AvgIpc) is 1.78. The molecule has 0 spiro atoms. The summed E-state index contributed by atoms with van der Waals surface area (Å²) in [6, 6.07) is 0. The molecule has 1 rings (SSSR count). The molecular formula is C5H11NO2S. The van der Waals surface area contributed by atoms with Crippen molar-refractivity contribution in [3.8, 4) is 0 Å². The Morgan fingerprint density at radius 3 is 2.22 bits per heavy atom. The molecule has 1 saturated heterocycles. The lowest BCUT2D eigenvalue weighted by atomic mass is 10.1. The van der Waals surface area contributed by atoms with Crippen LogP contribution in [-0.2, 0) is 9.84 Å². The van der Waals surface area contributed by atoms with E-state index < -0.39 is 15.4 Å². The lowest BCUT2D eigenvalue weighted by molar-refractivity contribution is 0.530. The molecule has 1 heterocycles. The van der Waals surface area contributed by atoms with Crippen molar-refractivity contribution >= 4 is 9.84 Å². The van der Waals surface area contributed by atoms with Gasteiger partial charge < -0.3 is 5.73 Å². The quantitative estimate of drug-likeness (QED) is 0.506. The molecule has 0 amide bonds. The maximum absolute atomic E-state index is 10.8. The largest absolute Gasteiger partial charge is 0.324 e. The fourth-order valence-corrected chi connectivity index (χ4v) is 3.11. The van der Waals surface area contributed by atoms with Gasteiger partial charge in [-0.05, 0) is 13.3 Å². The van der Waals surface area contributed by atoms with Crippen molar-refractivity contribution in [3.63, 3.8) is 0 Å². The van der Waals surface area contributed by atoms with Crippen LogP contribution in [0.15, 0.2) is 0 Å². The monoisotopic (exact) mass is 149 g/mol. The Balaban J connectivity index is 2.81. The second-order valence-electron chi connectivity index (χ2n) is 3.00. The van der Waals surface area contributed by atoms with Crippen LogP contribution in [0.1, 0.15) is 13.3 Å². The van der Waals surface area contributed by atoms with Gasteiger partial charge in [0.05, 0.1) is 11.5 Å². The van der Waals surface area contributed by atoms with Crippen LogP contribution in [0.25, 0.3) is 0 Å². The SMILES string of the molecule is C[C@]1(N)CCS(=O)(=O)C1. The molecule has 0 saturated carbocycles. The molecule has 4 heteroatoms. The van der Waals surface area contributed by atoms with Crippen LogP contribution in [0.4, 0.5) is 0 Å². The molecule has 0 bridgehead atoms. The Morgan fingerprint density at radius 1 is 1.56 bits per heavy atom. The normalized spacial score (nSPS) is 41.1. The minimum absolute atomic E-state index is 0.153. The summed E-state index contributed by atoms with van der Waals surface area (Å²) in [7, 11) is -2.78. The summed E-state index contributed by atoms with van der Waals surface area (Å²) in [5, 5.41) is 0. The summed E-state index contributed by atoms with van der Waals surface area (Å²) in [4.78, 5) is 0. The lowest BCUT2D eigenvalue weighted by Crippen LogP contribution is -2.36. The van der Waals surface area contributed by atoms with E-state index in [0.29, 0.717) is 6.42 Å². The van der Waals surface area contributed by atoms with E-state index in [9.17, 15) is 8.42 Å². The Hall–Kier alpha value is -0.0900. The number of hydrogen-bond acceptors (Lipinski definition) is 3. The first kappa shape index (κ1) is 7.02. The van der Waals surface area contributed by atoms with Gasteiger partial charge in [0.2, 0.25) is 0 Å². The van der Waals surface area contributed by atoms with Gasteiger partial charge >= 0.3 is 0 Å². The summed E-state index contributed by atoms with van der Waals surface area (Å²) in [5.74, 6) is 0.417. The van der Waals surface area contributed by atoms with Crippen molar-refractivity contribution in [3.05, 3.63) is 0 Å². The molecule has 1 aliphatic rings. The number of rotatable bonds is 0. The highest BCUT2D eigenvalue weighted by Crippen LogP contribution is 2.19. The molecule has 0 aromatic heterocycles. The van der Waals surface area contributed by atoms with Crippen LogP contribution >= 0.6 is 0 Å². The molecule has 1 atom stereocenters. The van der Waals surface area contributed by atoms with Gasteiger partial charge in [0, 0.05) is 5.54 Å². The topological polar surface area (TPSA) is 60.2 Å². The molecule has 1 aliphatic heterocycles. The summed E-state index contributed by atoms with van der Waals surface area (Å²) in [5.41, 5.74) is 5.11. The summed E-state index contributed by atoms with van der Waals surface area (Å²) in [6.45, 7) is 1.78. The molecule has 1 fully saturated rings. The third-order valence-corrected chi connectivity index (χ3v) is 3.46. The van der Waals surface area contributed by atoms with Crippen LogP contribution < -0.4 is 5.73 Å². The molecule has 9 heavy (non-hydrogen) atoms. The standard InChI is InChI=1S/C5H11NO2S/c1-5(6)2-3-9(7,8)4-5/h2-4,6H2,1H3/t5-/m0/s1. The summed E-state index contributed by atoms with van der Waals surface area (Å²) >= 11 is 0. The van der Waals surface area contributed by atoms with E-state index in [4.69, 9.17) is 5.73 Å². The van der Waals surface area contributed by atoms with Crippen LogP contribution in [0.3, 0.4) is 0 Å². The first-order chi connectivity index (χ1) is 3.91. The van der Waals surface area contributed by atoms with Crippen molar-refractivity contribution in [1.29, 1.82) is 0 Å². The van der Waals surface area contributed by atoms with Gasteiger partial charge in [-0.15, -0.1) is 0 Å². The number of nitrogens with two attached hydrogens (primary N) is 1. The van der Waals surface area contributed by atoms with Gasteiger partial charge in [-0.25, -0.2) is 8.42 Å². The maximum atomic E-state index is 10.8. The van der Waals surface area contributed by atoms with E-state index >= 15 is 0 Å². The third-order valence-electron chi connectivity index (χ3n) is 1.53. The second-order valence-corrected chi connectivity index (χ2v) is 5.18. The van der Waals surface area contributed by atoms with Crippen LogP contribution in [-0.4, -0.2) is 25.5 Å². The van der Waals surface area contributed by atoms with Crippen LogP contribution in [0, 0.1) is 0 Å². The Morgan fingerprint density at radius 2 is 2.11 bits per heavy atom. The molecule has 0 aromatic rings. The molecule has 54 valence electrons. The molecule has 2 N–H and O–H groups in total.